The molecule has 144 valence electrons. The second-order valence-corrected chi connectivity index (χ2v) is 8.59. The molecule has 1 unspecified atom stereocenters. The number of imidazole rings is 1. The maximum absolute atomic E-state index is 12.8. The summed E-state index contributed by atoms with van der Waals surface area (Å²) in [6.07, 6.45) is 5.20. The van der Waals surface area contributed by atoms with Crippen molar-refractivity contribution in [3.05, 3.63) is 48.5 Å². The van der Waals surface area contributed by atoms with Gasteiger partial charge in [-0.1, -0.05) is 26.0 Å². The molecule has 0 fully saturated rings. The van der Waals surface area contributed by atoms with E-state index in [0.717, 1.165) is 0 Å². The monoisotopic (exact) mass is 389 g/mol. The number of amides is 1. The summed E-state index contributed by atoms with van der Waals surface area (Å²) in [5, 5.41) is 2.95. The predicted octanol–water partition coefficient (Wildman–Crippen LogP) is 1.15. The number of hydrogen-bond acceptors (Lipinski definition) is 5. The van der Waals surface area contributed by atoms with Gasteiger partial charge >= 0.3 is 0 Å². The van der Waals surface area contributed by atoms with Gasteiger partial charge in [0.05, 0.1) is 11.2 Å². The van der Waals surface area contributed by atoms with E-state index in [0.29, 0.717) is 12.1 Å². The Labute approximate surface area is 158 Å². The molecule has 27 heavy (non-hydrogen) atoms. The molecule has 2 heterocycles. The van der Waals surface area contributed by atoms with Crippen LogP contribution in [0.3, 0.4) is 0 Å². The first kappa shape index (κ1) is 19.1. The molecule has 1 amide bonds. The van der Waals surface area contributed by atoms with E-state index in [1.54, 1.807) is 30.7 Å². The number of nitrogens with one attached hydrogen (secondary N) is 2. The SMILES string of the molecule is CC(Cn1ccnc1)NC(=O)[C@@H](N=C1NS(=O)(=O)c2ccccc21)C(C)C. The van der Waals surface area contributed by atoms with Gasteiger partial charge in [-0.05, 0) is 25.0 Å². The van der Waals surface area contributed by atoms with Crippen LogP contribution in [0.1, 0.15) is 26.3 Å². The maximum atomic E-state index is 12.8. The van der Waals surface area contributed by atoms with Gasteiger partial charge in [0.25, 0.3) is 10.0 Å². The molecular weight excluding hydrogens is 366 g/mol. The molecule has 1 aliphatic heterocycles. The fourth-order valence-electron chi connectivity index (χ4n) is 2.96. The Hall–Kier alpha value is -2.68. The summed E-state index contributed by atoms with van der Waals surface area (Å²) in [6, 6.07) is 5.78. The molecule has 8 nitrogen and oxygen atoms in total. The number of aromatic nitrogens is 2. The van der Waals surface area contributed by atoms with Crippen LogP contribution in [-0.4, -0.2) is 41.8 Å². The number of benzene rings is 1. The molecule has 0 aliphatic carbocycles. The molecule has 3 rings (SSSR count). The quantitative estimate of drug-likeness (QED) is 0.773. The van der Waals surface area contributed by atoms with E-state index in [1.807, 2.05) is 31.5 Å². The van der Waals surface area contributed by atoms with Gasteiger partial charge in [-0.3, -0.25) is 14.5 Å². The molecule has 1 aromatic carbocycles. The first-order chi connectivity index (χ1) is 12.8. The van der Waals surface area contributed by atoms with Gasteiger partial charge in [-0.15, -0.1) is 0 Å². The molecule has 9 heteroatoms. The molecule has 0 radical (unpaired) electrons. The summed E-state index contributed by atoms with van der Waals surface area (Å²) in [5.74, 6) is -0.134. The lowest BCUT2D eigenvalue weighted by atomic mass is 10.0. The summed E-state index contributed by atoms with van der Waals surface area (Å²) in [5.41, 5.74) is 0.488. The summed E-state index contributed by atoms with van der Waals surface area (Å²) in [7, 11) is -3.63. The van der Waals surface area contributed by atoms with Crippen molar-refractivity contribution in [1.82, 2.24) is 19.6 Å². The van der Waals surface area contributed by atoms with E-state index in [9.17, 15) is 13.2 Å². The van der Waals surface area contributed by atoms with E-state index in [2.05, 4.69) is 20.0 Å². The highest BCUT2D eigenvalue weighted by Crippen LogP contribution is 2.23. The van der Waals surface area contributed by atoms with Crippen LogP contribution in [0, 0.1) is 5.92 Å². The number of hydrogen-bond donors (Lipinski definition) is 2. The van der Waals surface area contributed by atoms with E-state index < -0.39 is 16.1 Å². The van der Waals surface area contributed by atoms with E-state index >= 15 is 0 Å². The average molecular weight is 389 g/mol. The first-order valence-corrected chi connectivity index (χ1v) is 10.2. The third-order valence-electron chi connectivity index (χ3n) is 4.26. The van der Waals surface area contributed by atoms with Gasteiger partial charge in [0.15, 0.2) is 0 Å². The zero-order valence-corrected chi connectivity index (χ0v) is 16.3. The Kier molecular flexibility index (Phi) is 5.31. The second kappa shape index (κ2) is 7.51. The molecule has 0 spiro atoms. The lowest BCUT2D eigenvalue weighted by Crippen LogP contribution is -2.44. The number of nitrogens with zero attached hydrogens (tertiary/aromatic N) is 3. The van der Waals surface area contributed by atoms with Gasteiger partial charge in [-0.25, -0.2) is 13.4 Å². The van der Waals surface area contributed by atoms with Crippen molar-refractivity contribution in [2.24, 2.45) is 10.9 Å². The first-order valence-electron chi connectivity index (χ1n) is 8.74. The topological polar surface area (TPSA) is 105 Å². The highest BCUT2D eigenvalue weighted by molar-refractivity contribution is 7.90. The highest BCUT2D eigenvalue weighted by Gasteiger charge is 2.32. The third kappa shape index (κ3) is 4.19. The number of carbonyl (C=O) groups excluding carboxylic acids is 1. The zero-order chi connectivity index (χ0) is 19.6. The van der Waals surface area contributed by atoms with Crippen molar-refractivity contribution in [3.63, 3.8) is 0 Å². The fourth-order valence-corrected chi connectivity index (χ4v) is 4.20. The molecule has 2 N–H and O–H groups in total. The number of amidine groups is 1. The zero-order valence-electron chi connectivity index (χ0n) is 15.5. The summed E-state index contributed by atoms with van der Waals surface area (Å²) >= 11 is 0. The Balaban J connectivity index is 1.80. The van der Waals surface area contributed by atoms with Crippen LogP contribution in [0.5, 0.6) is 0 Å². The van der Waals surface area contributed by atoms with Crippen molar-refractivity contribution in [3.8, 4) is 0 Å². The van der Waals surface area contributed by atoms with E-state index in [4.69, 9.17) is 0 Å². The Morgan fingerprint density at radius 1 is 1.30 bits per heavy atom. The van der Waals surface area contributed by atoms with Gasteiger partial charge in [0.1, 0.15) is 11.9 Å². The highest BCUT2D eigenvalue weighted by atomic mass is 32.2. The smallest absolute Gasteiger partial charge is 0.263 e. The Morgan fingerprint density at radius 3 is 2.70 bits per heavy atom. The number of carbonyl (C=O) groups is 1. The van der Waals surface area contributed by atoms with Crippen LogP contribution in [0.4, 0.5) is 0 Å². The minimum absolute atomic E-state index is 0.102. The summed E-state index contributed by atoms with van der Waals surface area (Å²) in [6.45, 7) is 6.24. The van der Waals surface area contributed by atoms with Crippen LogP contribution >= 0.6 is 0 Å². The summed E-state index contributed by atoms with van der Waals surface area (Å²) in [4.78, 5) is 21.4. The molecule has 1 aromatic heterocycles. The molecule has 0 saturated carbocycles. The maximum Gasteiger partial charge on any atom is 0.263 e. The number of aliphatic imine (C=N–C) groups is 1. The minimum Gasteiger partial charge on any atom is -0.350 e. The molecular formula is C18H23N5O3S. The fraction of sp³-hybridized carbons (Fsp3) is 0.389. The number of sulfonamides is 1. The molecule has 2 atom stereocenters. The van der Waals surface area contributed by atoms with Crippen LogP contribution in [0.2, 0.25) is 0 Å². The molecule has 0 saturated heterocycles. The average Bonchev–Trinajstić information content (AvgIpc) is 3.18. The van der Waals surface area contributed by atoms with E-state index in [-0.39, 0.29) is 28.6 Å². The molecule has 1 aliphatic rings. The minimum atomic E-state index is -3.63. The van der Waals surface area contributed by atoms with Gasteiger partial charge < -0.3 is 9.88 Å². The number of rotatable bonds is 6. The van der Waals surface area contributed by atoms with Crippen molar-refractivity contribution in [2.45, 2.75) is 44.3 Å². The van der Waals surface area contributed by atoms with Gasteiger partial charge in [0, 0.05) is 30.5 Å². The normalized spacial score (nSPS) is 18.7. The van der Waals surface area contributed by atoms with Crippen LogP contribution < -0.4 is 10.0 Å². The summed E-state index contributed by atoms with van der Waals surface area (Å²) < 4.78 is 28.8. The molecule has 2 aromatic rings. The van der Waals surface area contributed by atoms with Gasteiger partial charge in [-0.2, -0.15) is 0 Å². The lowest BCUT2D eigenvalue weighted by molar-refractivity contribution is -0.123. The van der Waals surface area contributed by atoms with Crippen molar-refractivity contribution >= 4 is 21.8 Å². The lowest BCUT2D eigenvalue weighted by Gasteiger charge is -2.21. The van der Waals surface area contributed by atoms with Crippen molar-refractivity contribution < 1.29 is 13.2 Å². The van der Waals surface area contributed by atoms with Gasteiger partial charge in [0.2, 0.25) is 5.91 Å². The number of fused-ring (bicyclic) bond motifs is 1. The van der Waals surface area contributed by atoms with Crippen LogP contribution in [0.15, 0.2) is 52.9 Å². The second-order valence-electron chi connectivity index (χ2n) is 6.94. The largest absolute Gasteiger partial charge is 0.350 e. The van der Waals surface area contributed by atoms with Crippen molar-refractivity contribution in [2.75, 3.05) is 0 Å². The van der Waals surface area contributed by atoms with E-state index in [1.165, 1.54) is 6.07 Å². The van der Waals surface area contributed by atoms with Crippen molar-refractivity contribution in [1.29, 1.82) is 0 Å². The third-order valence-corrected chi connectivity index (χ3v) is 5.66. The Morgan fingerprint density at radius 2 is 2.04 bits per heavy atom. The molecule has 0 bridgehead atoms. The predicted molar refractivity (Wildman–Crippen MR) is 102 cm³/mol. The standard InChI is InChI=1S/C18H23N5O3S/c1-12(2)16(18(24)20-13(3)10-23-9-8-19-11-23)21-17-14-6-4-5-7-15(14)27(25,26)22-17/h4-9,11-13,16H,10H2,1-3H3,(H,20,24)(H,21,22)/t13?,16-/m0/s1. The van der Waals surface area contributed by atoms with Crippen LogP contribution in [-0.2, 0) is 21.4 Å². The Bertz CT molecular complexity index is 951. The van der Waals surface area contributed by atoms with Crippen LogP contribution in [0.25, 0.3) is 0 Å².